The fourth-order valence-electron chi connectivity index (χ4n) is 3.30. The lowest BCUT2D eigenvalue weighted by Crippen LogP contribution is -2.23. The number of methoxy groups -OCH3 is 1. The molecule has 0 bridgehead atoms. The predicted octanol–water partition coefficient (Wildman–Crippen LogP) is 3.26. The number of ether oxygens (including phenoxy) is 1. The minimum atomic E-state index is -0.130. The molecular formula is C20H23N5O3S. The van der Waals surface area contributed by atoms with Crippen LogP contribution >= 0.6 is 11.8 Å². The van der Waals surface area contributed by atoms with Crippen molar-refractivity contribution >= 4 is 29.3 Å². The Morgan fingerprint density at radius 2 is 2.03 bits per heavy atom. The molecule has 1 N–H and O–H groups in total. The van der Waals surface area contributed by atoms with Gasteiger partial charge in [0.05, 0.1) is 31.4 Å². The van der Waals surface area contributed by atoms with E-state index in [0.717, 1.165) is 37.6 Å². The number of aromatic nitrogens is 3. The Kier molecular flexibility index (Phi) is 6.04. The van der Waals surface area contributed by atoms with Crippen molar-refractivity contribution in [3.63, 3.8) is 0 Å². The van der Waals surface area contributed by atoms with Gasteiger partial charge in [0, 0.05) is 13.1 Å². The van der Waals surface area contributed by atoms with Gasteiger partial charge >= 0.3 is 0 Å². The molecule has 3 aromatic rings. The molecule has 1 fully saturated rings. The molecule has 1 amide bonds. The molecule has 8 nitrogen and oxygen atoms in total. The average Bonchev–Trinajstić information content (AvgIpc) is 3.50. The van der Waals surface area contributed by atoms with Gasteiger partial charge in [0.2, 0.25) is 11.9 Å². The molecule has 4 rings (SSSR count). The first kappa shape index (κ1) is 19.4. The van der Waals surface area contributed by atoms with Crippen LogP contribution in [0.15, 0.2) is 52.2 Å². The second kappa shape index (κ2) is 9.04. The van der Waals surface area contributed by atoms with Crippen molar-refractivity contribution in [1.82, 2.24) is 14.8 Å². The van der Waals surface area contributed by atoms with E-state index in [4.69, 9.17) is 9.15 Å². The van der Waals surface area contributed by atoms with Gasteiger partial charge in [-0.3, -0.25) is 9.36 Å². The molecule has 29 heavy (non-hydrogen) atoms. The summed E-state index contributed by atoms with van der Waals surface area (Å²) in [6.45, 7) is 2.47. The number of carbonyl (C=O) groups excluding carboxylic acids is 1. The normalized spacial score (nSPS) is 13.6. The maximum Gasteiger partial charge on any atom is 0.234 e. The van der Waals surface area contributed by atoms with Crippen molar-refractivity contribution in [3.8, 4) is 5.75 Å². The van der Waals surface area contributed by atoms with Crippen LogP contribution in [-0.4, -0.2) is 46.6 Å². The van der Waals surface area contributed by atoms with Crippen LogP contribution in [0.1, 0.15) is 18.6 Å². The predicted molar refractivity (Wildman–Crippen MR) is 112 cm³/mol. The number of nitrogens with one attached hydrogen (secondary N) is 1. The van der Waals surface area contributed by atoms with E-state index in [1.807, 2.05) is 41.0 Å². The third kappa shape index (κ3) is 4.56. The summed E-state index contributed by atoms with van der Waals surface area (Å²) >= 11 is 1.36. The van der Waals surface area contributed by atoms with Gasteiger partial charge in [-0.2, -0.15) is 0 Å². The Balaban J connectivity index is 1.47. The summed E-state index contributed by atoms with van der Waals surface area (Å²) in [6, 6.07) is 11.1. The number of anilines is 2. The number of carbonyl (C=O) groups is 1. The summed E-state index contributed by atoms with van der Waals surface area (Å²) in [4.78, 5) is 14.7. The van der Waals surface area contributed by atoms with Gasteiger partial charge in [-0.25, -0.2) is 0 Å². The molecule has 0 saturated carbocycles. The Morgan fingerprint density at radius 1 is 1.21 bits per heavy atom. The molecule has 0 atom stereocenters. The number of nitrogens with zero attached hydrogens (tertiary/aromatic N) is 4. The molecule has 1 saturated heterocycles. The van der Waals surface area contributed by atoms with Gasteiger partial charge in [-0.1, -0.05) is 23.9 Å². The van der Waals surface area contributed by atoms with E-state index in [1.54, 1.807) is 13.4 Å². The summed E-state index contributed by atoms with van der Waals surface area (Å²) in [5.74, 6) is 2.36. The van der Waals surface area contributed by atoms with Crippen molar-refractivity contribution < 1.29 is 13.9 Å². The number of para-hydroxylation sites is 2. The molecule has 1 aliphatic heterocycles. The van der Waals surface area contributed by atoms with E-state index in [2.05, 4.69) is 20.4 Å². The zero-order chi connectivity index (χ0) is 20.1. The Morgan fingerprint density at radius 3 is 2.79 bits per heavy atom. The molecule has 152 valence electrons. The minimum absolute atomic E-state index is 0.130. The third-order valence-corrected chi connectivity index (χ3v) is 5.66. The molecule has 1 aromatic carbocycles. The molecule has 2 aromatic heterocycles. The number of benzene rings is 1. The molecule has 0 radical (unpaired) electrons. The number of thioether (sulfide) groups is 1. The van der Waals surface area contributed by atoms with E-state index in [1.165, 1.54) is 11.8 Å². The van der Waals surface area contributed by atoms with Crippen LogP contribution in [0, 0.1) is 0 Å². The van der Waals surface area contributed by atoms with Crippen LogP contribution in [-0.2, 0) is 11.3 Å². The van der Waals surface area contributed by atoms with Gasteiger partial charge in [0.1, 0.15) is 11.5 Å². The summed E-state index contributed by atoms with van der Waals surface area (Å²) in [6.07, 6.45) is 3.96. The zero-order valence-electron chi connectivity index (χ0n) is 16.2. The van der Waals surface area contributed by atoms with Gasteiger partial charge in [0.15, 0.2) is 5.16 Å². The molecule has 3 heterocycles. The van der Waals surface area contributed by atoms with Crippen molar-refractivity contribution in [2.75, 3.05) is 36.2 Å². The number of amides is 1. The number of hydrogen-bond acceptors (Lipinski definition) is 7. The van der Waals surface area contributed by atoms with Crippen molar-refractivity contribution in [1.29, 1.82) is 0 Å². The second-order valence-corrected chi connectivity index (χ2v) is 7.62. The minimum Gasteiger partial charge on any atom is -0.495 e. The monoisotopic (exact) mass is 413 g/mol. The molecule has 0 unspecified atom stereocenters. The molecule has 0 spiro atoms. The largest absolute Gasteiger partial charge is 0.495 e. The van der Waals surface area contributed by atoms with Crippen molar-refractivity contribution in [2.45, 2.75) is 24.5 Å². The standard InChI is InChI=1S/C20H23N5O3S/c1-27-17-9-3-2-8-16(17)21-18(26)14-29-20-23-22-19(24-10-4-5-11-24)25(20)13-15-7-6-12-28-15/h2-3,6-9,12H,4-5,10-11,13-14H2,1H3,(H,21,26). The summed E-state index contributed by atoms with van der Waals surface area (Å²) in [5, 5.41) is 12.3. The Bertz CT molecular complexity index is 951. The second-order valence-electron chi connectivity index (χ2n) is 6.68. The Labute approximate surface area is 173 Å². The summed E-state index contributed by atoms with van der Waals surface area (Å²) < 4.78 is 12.8. The third-order valence-electron chi connectivity index (χ3n) is 4.69. The van der Waals surface area contributed by atoms with Crippen LogP contribution in [0.5, 0.6) is 5.75 Å². The van der Waals surface area contributed by atoms with E-state index in [9.17, 15) is 4.79 Å². The van der Waals surface area contributed by atoms with Gasteiger partial charge in [0.25, 0.3) is 0 Å². The number of furan rings is 1. The van der Waals surface area contributed by atoms with Crippen LogP contribution < -0.4 is 15.0 Å². The summed E-state index contributed by atoms with van der Waals surface area (Å²) in [5.41, 5.74) is 0.649. The lowest BCUT2D eigenvalue weighted by atomic mass is 10.3. The SMILES string of the molecule is COc1ccccc1NC(=O)CSc1nnc(N2CCCC2)n1Cc1ccco1. The maximum absolute atomic E-state index is 12.5. The Hall–Kier alpha value is -2.94. The topological polar surface area (TPSA) is 85.4 Å². The van der Waals surface area contributed by atoms with E-state index in [-0.39, 0.29) is 11.7 Å². The van der Waals surface area contributed by atoms with E-state index >= 15 is 0 Å². The quantitative estimate of drug-likeness (QED) is 0.567. The van der Waals surface area contributed by atoms with Crippen LogP contribution in [0.2, 0.25) is 0 Å². The smallest absolute Gasteiger partial charge is 0.234 e. The lowest BCUT2D eigenvalue weighted by Gasteiger charge is -2.17. The molecule has 1 aliphatic rings. The fourth-order valence-corrected chi connectivity index (χ4v) is 4.03. The number of rotatable bonds is 8. The highest BCUT2D eigenvalue weighted by molar-refractivity contribution is 7.99. The summed E-state index contributed by atoms with van der Waals surface area (Å²) in [7, 11) is 1.58. The first-order chi connectivity index (χ1) is 14.2. The first-order valence-corrected chi connectivity index (χ1v) is 10.5. The fraction of sp³-hybridized carbons (Fsp3) is 0.350. The average molecular weight is 414 g/mol. The highest BCUT2D eigenvalue weighted by Crippen LogP contribution is 2.27. The zero-order valence-corrected chi connectivity index (χ0v) is 17.0. The van der Waals surface area contributed by atoms with E-state index < -0.39 is 0 Å². The van der Waals surface area contributed by atoms with E-state index in [0.29, 0.717) is 23.1 Å². The van der Waals surface area contributed by atoms with Crippen LogP contribution in [0.25, 0.3) is 0 Å². The van der Waals surface area contributed by atoms with Gasteiger partial charge in [-0.15, -0.1) is 10.2 Å². The highest BCUT2D eigenvalue weighted by Gasteiger charge is 2.22. The van der Waals surface area contributed by atoms with Crippen molar-refractivity contribution in [2.24, 2.45) is 0 Å². The van der Waals surface area contributed by atoms with Crippen LogP contribution in [0.4, 0.5) is 11.6 Å². The van der Waals surface area contributed by atoms with Crippen molar-refractivity contribution in [3.05, 3.63) is 48.4 Å². The molecule has 0 aliphatic carbocycles. The van der Waals surface area contributed by atoms with Gasteiger partial charge in [-0.05, 0) is 37.1 Å². The molecular weight excluding hydrogens is 390 g/mol. The van der Waals surface area contributed by atoms with Gasteiger partial charge < -0.3 is 19.4 Å². The number of hydrogen-bond donors (Lipinski definition) is 1. The van der Waals surface area contributed by atoms with Crippen LogP contribution in [0.3, 0.4) is 0 Å². The lowest BCUT2D eigenvalue weighted by molar-refractivity contribution is -0.113. The molecule has 9 heteroatoms. The first-order valence-electron chi connectivity index (χ1n) is 9.51. The maximum atomic E-state index is 12.5. The highest BCUT2D eigenvalue weighted by atomic mass is 32.2.